The van der Waals surface area contributed by atoms with Gasteiger partial charge in [-0.05, 0) is 35.7 Å². The topological polar surface area (TPSA) is 164 Å². The highest BCUT2D eigenvalue weighted by molar-refractivity contribution is 5.99. The molecule has 1 heterocycles. The van der Waals surface area contributed by atoms with Gasteiger partial charge in [-0.25, -0.2) is 4.98 Å². The minimum Gasteiger partial charge on any atom is -0.391 e. The highest BCUT2D eigenvalue weighted by Crippen LogP contribution is 2.23. The average Bonchev–Trinajstić information content (AvgIpc) is 3.00. The Morgan fingerprint density at radius 1 is 0.822 bits per heavy atom. The Morgan fingerprint density at radius 2 is 1.49 bits per heavy atom. The van der Waals surface area contributed by atoms with E-state index in [1.165, 1.54) is 6.07 Å². The maximum Gasteiger partial charge on any atom is 0.270 e. The summed E-state index contributed by atoms with van der Waals surface area (Å²) < 4.78 is 0. The van der Waals surface area contributed by atoms with Crippen LogP contribution in [0.1, 0.15) is 48.8 Å². The van der Waals surface area contributed by atoms with Crippen LogP contribution < -0.4 is 21.7 Å². The first-order valence-electron chi connectivity index (χ1n) is 14.8. The lowest BCUT2D eigenvalue weighted by Crippen LogP contribution is -2.54. The fraction of sp³-hybridized carbons (Fsp3) is 0.286. The number of nitrogens with zero attached hydrogens (tertiary/aromatic N) is 1. The smallest absolute Gasteiger partial charge is 0.270 e. The summed E-state index contributed by atoms with van der Waals surface area (Å²) in [5, 5.41) is 20.7. The second-order valence-corrected chi connectivity index (χ2v) is 12.0. The highest BCUT2D eigenvalue weighted by atomic mass is 16.3. The molecule has 4 aromatic rings. The molecule has 0 spiro atoms. The number of primary amides is 1. The van der Waals surface area contributed by atoms with E-state index in [9.17, 15) is 24.3 Å². The van der Waals surface area contributed by atoms with Crippen molar-refractivity contribution >= 4 is 40.2 Å². The molecule has 0 radical (unpaired) electrons. The first kappa shape index (κ1) is 32.8. The molecule has 45 heavy (non-hydrogen) atoms. The number of aliphatic hydroxyl groups is 1. The Balaban J connectivity index is 1.55. The van der Waals surface area contributed by atoms with Crippen LogP contribution in [0.2, 0.25) is 0 Å². The van der Waals surface area contributed by atoms with E-state index in [2.05, 4.69) is 20.9 Å². The van der Waals surface area contributed by atoms with Crippen LogP contribution in [0, 0.1) is 5.41 Å². The number of amides is 4. The zero-order valence-corrected chi connectivity index (χ0v) is 25.6. The summed E-state index contributed by atoms with van der Waals surface area (Å²) in [7, 11) is 0. The van der Waals surface area contributed by atoms with Gasteiger partial charge in [-0.1, -0.05) is 93.6 Å². The molecule has 0 aliphatic rings. The van der Waals surface area contributed by atoms with Crippen LogP contribution in [0.5, 0.6) is 0 Å². The number of anilines is 1. The van der Waals surface area contributed by atoms with Crippen LogP contribution in [0.15, 0.2) is 91.0 Å². The van der Waals surface area contributed by atoms with Crippen molar-refractivity contribution in [2.24, 2.45) is 11.1 Å². The van der Waals surface area contributed by atoms with Gasteiger partial charge in [-0.2, -0.15) is 0 Å². The van der Waals surface area contributed by atoms with Crippen LogP contribution in [0.25, 0.3) is 10.9 Å². The standard InChI is InChI=1S/C35H39N5O5/c1-35(2,3)34(45)40-26-16-10-8-14-24(26)20-30(41)28(19-22-11-5-4-6-12-22)38-33(44)29(21-31(36)42)39-32(43)27-18-17-23-13-7-9-15-25(23)37-27/h4-18,28-30,41H,19-21H2,1-3H3,(H2,36,42)(H,38,44)(H,39,43)(H,40,45)/t28-,29-,30+/m0/s1. The number of para-hydroxylation sites is 2. The van der Waals surface area contributed by atoms with E-state index in [0.717, 1.165) is 10.9 Å². The van der Waals surface area contributed by atoms with Gasteiger partial charge in [0.2, 0.25) is 17.7 Å². The maximum atomic E-state index is 13.6. The number of rotatable bonds is 12. The number of nitrogens with one attached hydrogen (secondary N) is 3. The predicted octanol–water partition coefficient (Wildman–Crippen LogP) is 3.52. The minimum absolute atomic E-state index is 0.0748. The van der Waals surface area contributed by atoms with E-state index in [0.29, 0.717) is 16.8 Å². The minimum atomic E-state index is -1.31. The van der Waals surface area contributed by atoms with Crippen molar-refractivity contribution in [3.63, 3.8) is 0 Å². The lowest BCUT2D eigenvalue weighted by molar-refractivity contribution is -0.128. The van der Waals surface area contributed by atoms with Gasteiger partial charge in [0.15, 0.2) is 0 Å². The molecule has 0 aliphatic heterocycles. The second-order valence-electron chi connectivity index (χ2n) is 12.0. The molecule has 3 atom stereocenters. The number of benzene rings is 3. The third-order valence-corrected chi connectivity index (χ3v) is 7.32. The third kappa shape index (κ3) is 9.20. The maximum absolute atomic E-state index is 13.6. The molecule has 0 aliphatic carbocycles. The van der Waals surface area contributed by atoms with Crippen molar-refractivity contribution < 1.29 is 24.3 Å². The fourth-order valence-corrected chi connectivity index (χ4v) is 4.77. The van der Waals surface area contributed by atoms with Crippen LogP contribution in [-0.2, 0) is 27.2 Å². The molecule has 0 saturated heterocycles. The molecule has 10 heteroatoms. The van der Waals surface area contributed by atoms with Crippen LogP contribution in [0.3, 0.4) is 0 Å². The summed E-state index contributed by atoms with van der Waals surface area (Å²) in [6.45, 7) is 5.42. The summed E-state index contributed by atoms with van der Waals surface area (Å²) in [6, 6.07) is 24.9. The molecule has 10 nitrogen and oxygen atoms in total. The number of hydrogen-bond donors (Lipinski definition) is 5. The van der Waals surface area contributed by atoms with Gasteiger partial charge in [0.25, 0.3) is 5.91 Å². The molecule has 4 amide bonds. The molecule has 0 unspecified atom stereocenters. The second kappa shape index (κ2) is 14.6. The SMILES string of the molecule is CC(C)(C)C(=O)Nc1ccccc1C[C@@H](O)[C@H](Cc1ccccc1)NC(=O)[C@H](CC(N)=O)NC(=O)c1ccc2ccccc2n1. The van der Waals surface area contributed by atoms with E-state index in [4.69, 9.17) is 5.73 Å². The third-order valence-electron chi connectivity index (χ3n) is 7.32. The predicted molar refractivity (Wildman–Crippen MR) is 173 cm³/mol. The van der Waals surface area contributed by atoms with Gasteiger partial charge >= 0.3 is 0 Å². The summed E-state index contributed by atoms with van der Waals surface area (Å²) in [5.41, 5.74) is 7.60. The molecule has 0 saturated carbocycles. The summed E-state index contributed by atoms with van der Waals surface area (Å²) in [5.74, 6) is -2.29. The zero-order chi connectivity index (χ0) is 32.6. The highest BCUT2D eigenvalue weighted by Gasteiger charge is 2.30. The zero-order valence-electron chi connectivity index (χ0n) is 25.6. The van der Waals surface area contributed by atoms with Gasteiger partial charge in [0.05, 0.1) is 24.1 Å². The first-order chi connectivity index (χ1) is 21.4. The molecule has 4 rings (SSSR count). The Hall–Kier alpha value is -5.09. The van der Waals surface area contributed by atoms with Crippen LogP contribution in [0.4, 0.5) is 5.69 Å². The Kier molecular flexibility index (Phi) is 10.6. The number of carbonyl (C=O) groups excluding carboxylic acids is 4. The van der Waals surface area contributed by atoms with E-state index >= 15 is 0 Å². The van der Waals surface area contributed by atoms with E-state index in [1.807, 2.05) is 63.2 Å². The number of nitrogens with two attached hydrogens (primary N) is 1. The molecule has 0 bridgehead atoms. The number of aromatic nitrogens is 1. The number of pyridine rings is 1. The Bertz CT molecular complexity index is 1670. The Labute approximate surface area is 262 Å². The Morgan fingerprint density at radius 3 is 2.20 bits per heavy atom. The molecule has 3 aromatic carbocycles. The molecular weight excluding hydrogens is 570 g/mol. The van der Waals surface area contributed by atoms with Crippen LogP contribution in [-0.4, -0.2) is 51.9 Å². The lowest BCUT2D eigenvalue weighted by Gasteiger charge is -2.28. The van der Waals surface area contributed by atoms with E-state index < -0.39 is 47.7 Å². The fourth-order valence-electron chi connectivity index (χ4n) is 4.77. The van der Waals surface area contributed by atoms with Gasteiger partial charge in [-0.15, -0.1) is 0 Å². The summed E-state index contributed by atoms with van der Waals surface area (Å²) in [6.07, 6.45) is -1.20. The number of fused-ring (bicyclic) bond motifs is 1. The van der Waals surface area contributed by atoms with Crippen molar-refractivity contribution in [1.29, 1.82) is 0 Å². The molecule has 1 aromatic heterocycles. The normalized spacial score (nSPS) is 13.3. The molecule has 234 valence electrons. The molecule has 6 N–H and O–H groups in total. The van der Waals surface area contributed by atoms with Crippen molar-refractivity contribution in [2.75, 3.05) is 5.32 Å². The van der Waals surface area contributed by atoms with E-state index in [-0.39, 0.29) is 24.4 Å². The number of hydrogen-bond acceptors (Lipinski definition) is 6. The van der Waals surface area contributed by atoms with Crippen molar-refractivity contribution in [1.82, 2.24) is 15.6 Å². The van der Waals surface area contributed by atoms with Crippen LogP contribution >= 0.6 is 0 Å². The number of aliphatic hydroxyl groups excluding tert-OH is 1. The lowest BCUT2D eigenvalue weighted by atomic mass is 9.93. The largest absolute Gasteiger partial charge is 0.391 e. The molecule has 0 fully saturated rings. The van der Waals surface area contributed by atoms with Gasteiger partial charge in [-0.3, -0.25) is 19.2 Å². The van der Waals surface area contributed by atoms with Crippen molar-refractivity contribution in [3.05, 3.63) is 108 Å². The summed E-state index contributed by atoms with van der Waals surface area (Å²) in [4.78, 5) is 55.8. The van der Waals surface area contributed by atoms with Gasteiger partial charge in [0, 0.05) is 22.9 Å². The monoisotopic (exact) mass is 609 g/mol. The summed E-state index contributed by atoms with van der Waals surface area (Å²) >= 11 is 0. The first-order valence-corrected chi connectivity index (χ1v) is 14.8. The quantitative estimate of drug-likeness (QED) is 0.165. The van der Waals surface area contributed by atoms with Gasteiger partial charge in [0.1, 0.15) is 11.7 Å². The van der Waals surface area contributed by atoms with Crippen molar-refractivity contribution in [2.45, 2.75) is 58.2 Å². The van der Waals surface area contributed by atoms with Crippen molar-refractivity contribution in [3.8, 4) is 0 Å². The number of carbonyl (C=O) groups is 4. The van der Waals surface area contributed by atoms with Gasteiger partial charge < -0.3 is 26.8 Å². The average molecular weight is 610 g/mol. The molecular formula is C35H39N5O5. The van der Waals surface area contributed by atoms with E-state index in [1.54, 1.807) is 42.5 Å².